The van der Waals surface area contributed by atoms with Gasteiger partial charge in [0.05, 0.1) is 18.7 Å². The van der Waals surface area contributed by atoms with Crippen molar-refractivity contribution in [2.24, 2.45) is 0 Å². The standard InChI is InChI=1S/C11H12N2O3.C8H6F3NO/c14-11-12-9-7-8(1-2-10(9)16-11)13-3-5-15-6-4-13;9-8(10,11)12-7(13)6-4-2-1-3-5-6/h1-2,7H,3-6H2,(H,12,14);1-5H,(H,12,13). The molecule has 0 unspecified atom stereocenters. The van der Waals surface area contributed by atoms with E-state index in [-0.39, 0.29) is 5.56 Å². The summed E-state index contributed by atoms with van der Waals surface area (Å²) in [6, 6.07) is 12.9. The minimum absolute atomic E-state index is 0.0141. The highest BCUT2D eigenvalue weighted by Crippen LogP contribution is 2.20. The van der Waals surface area contributed by atoms with Crippen LogP contribution in [0.4, 0.5) is 18.9 Å². The molecule has 1 aliphatic heterocycles. The lowest BCUT2D eigenvalue weighted by Crippen LogP contribution is -2.37. The number of oxazole rings is 1. The van der Waals surface area contributed by atoms with Gasteiger partial charge in [0.1, 0.15) is 0 Å². The molecule has 10 heteroatoms. The number of carbonyl (C=O) groups excluding carboxylic acids is 1. The first-order valence-corrected chi connectivity index (χ1v) is 8.72. The van der Waals surface area contributed by atoms with Crippen LogP contribution in [-0.2, 0) is 4.74 Å². The summed E-state index contributed by atoms with van der Waals surface area (Å²) >= 11 is 0. The van der Waals surface area contributed by atoms with Gasteiger partial charge in [0, 0.05) is 24.3 Å². The highest BCUT2D eigenvalue weighted by atomic mass is 19.4. The number of hydrogen-bond acceptors (Lipinski definition) is 5. The Morgan fingerprint density at radius 3 is 2.41 bits per heavy atom. The van der Waals surface area contributed by atoms with Crippen LogP contribution in [0.15, 0.2) is 57.7 Å². The minimum atomic E-state index is -4.67. The van der Waals surface area contributed by atoms with Crippen molar-refractivity contribution in [2.45, 2.75) is 6.30 Å². The molecule has 0 radical (unpaired) electrons. The number of morpholine rings is 1. The molecule has 0 atom stereocenters. The monoisotopic (exact) mass is 409 g/mol. The van der Waals surface area contributed by atoms with E-state index in [2.05, 4.69) is 9.88 Å². The predicted octanol–water partition coefficient (Wildman–Crippen LogP) is 2.89. The van der Waals surface area contributed by atoms with E-state index in [1.807, 2.05) is 18.2 Å². The zero-order valence-electron chi connectivity index (χ0n) is 15.2. The summed E-state index contributed by atoms with van der Waals surface area (Å²) in [6.45, 7) is 3.26. The summed E-state index contributed by atoms with van der Waals surface area (Å²) in [4.78, 5) is 26.7. The number of fused-ring (bicyclic) bond motifs is 1. The van der Waals surface area contributed by atoms with Gasteiger partial charge in [0.25, 0.3) is 5.91 Å². The maximum absolute atomic E-state index is 11.7. The Morgan fingerprint density at radius 2 is 1.76 bits per heavy atom. The van der Waals surface area contributed by atoms with Crippen LogP contribution in [0.25, 0.3) is 11.1 Å². The summed E-state index contributed by atoms with van der Waals surface area (Å²) in [5.74, 6) is -1.55. The maximum Gasteiger partial charge on any atom is 0.484 e. The quantitative estimate of drug-likeness (QED) is 0.636. The Bertz CT molecular complexity index is 1010. The van der Waals surface area contributed by atoms with E-state index in [0.717, 1.165) is 42.8 Å². The summed E-state index contributed by atoms with van der Waals surface area (Å²) in [6.07, 6.45) is -4.67. The second-order valence-electron chi connectivity index (χ2n) is 6.11. The minimum Gasteiger partial charge on any atom is -0.408 e. The van der Waals surface area contributed by atoms with Crippen molar-refractivity contribution in [1.29, 1.82) is 0 Å². The van der Waals surface area contributed by atoms with Crippen molar-refractivity contribution < 1.29 is 27.1 Å². The normalized spacial score (nSPS) is 14.2. The Kier molecular flexibility index (Phi) is 6.23. The number of nitrogens with one attached hydrogen (secondary N) is 2. The lowest BCUT2D eigenvalue weighted by molar-refractivity contribution is -0.146. The molecule has 3 aromatic rings. The van der Waals surface area contributed by atoms with Crippen LogP contribution in [0, 0.1) is 0 Å². The fourth-order valence-electron chi connectivity index (χ4n) is 2.75. The fraction of sp³-hybridized carbons (Fsp3) is 0.263. The first kappa shape index (κ1) is 20.5. The number of carbonyl (C=O) groups is 1. The van der Waals surface area contributed by atoms with Gasteiger partial charge in [-0.25, -0.2) is 4.79 Å². The van der Waals surface area contributed by atoms with Gasteiger partial charge in [-0.05, 0) is 30.3 Å². The zero-order chi connectivity index (χ0) is 20.9. The number of amides is 1. The molecule has 1 aliphatic rings. The third kappa shape index (κ3) is 5.85. The molecule has 0 aliphatic carbocycles. The molecule has 1 saturated heterocycles. The average molecular weight is 409 g/mol. The number of ether oxygens (including phenoxy) is 1. The average Bonchev–Trinajstić information content (AvgIpc) is 3.08. The summed E-state index contributed by atoms with van der Waals surface area (Å²) in [7, 11) is 0. The Balaban J connectivity index is 0.000000170. The third-order valence-electron chi connectivity index (χ3n) is 4.07. The second kappa shape index (κ2) is 8.82. The summed E-state index contributed by atoms with van der Waals surface area (Å²) in [5, 5.41) is 0.896. The van der Waals surface area contributed by atoms with Gasteiger partial charge in [0.2, 0.25) is 0 Å². The molecule has 2 aromatic carbocycles. The van der Waals surface area contributed by atoms with Crippen molar-refractivity contribution in [1.82, 2.24) is 10.3 Å². The molecule has 2 heterocycles. The number of alkyl halides is 3. The second-order valence-corrected chi connectivity index (χ2v) is 6.11. The lowest BCUT2D eigenvalue weighted by atomic mass is 10.2. The maximum atomic E-state index is 11.7. The van der Waals surface area contributed by atoms with Gasteiger partial charge in [-0.2, -0.15) is 13.2 Å². The number of aromatic nitrogens is 1. The molecule has 1 fully saturated rings. The SMILES string of the molecule is O=C(NC(F)(F)F)c1ccccc1.O=c1[nH]c2cc(N3CCOCC3)ccc2o1. The molecule has 29 heavy (non-hydrogen) atoms. The Labute approximate surface area is 163 Å². The van der Waals surface area contributed by atoms with Crippen molar-refractivity contribution in [3.8, 4) is 0 Å². The van der Waals surface area contributed by atoms with Gasteiger partial charge in [0.15, 0.2) is 5.58 Å². The Morgan fingerprint density at radius 1 is 1.07 bits per heavy atom. The van der Waals surface area contributed by atoms with E-state index in [1.54, 1.807) is 6.07 Å². The van der Waals surface area contributed by atoms with Crippen LogP contribution in [0.3, 0.4) is 0 Å². The molecule has 4 rings (SSSR count). The summed E-state index contributed by atoms with van der Waals surface area (Å²) in [5.41, 5.74) is 2.42. The van der Waals surface area contributed by atoms with Crippen molar-refractivity contribution in [3.05, 3.63) is 64.6 Å². The smallest absolute Gasteiger partial charge is 0.408 e. The topological polar surface area (TPSA) is 87.6 Å². The lowest BCUT2D eigenvalue weighted by Gasteiger charge is -2.28. The van der Waals surface area contributed by atoms with Gasteiger partial charge >= 0.3 is 12.1 Å². The number of benzene rings is 2. The first-order valence-electron chi connectivity index (χ1n) is 8.72. The van der Waals surface area contributed by atoms with Gasteiger partial charge in [-0.1, -0.05) is 18.2 Å². The zero-order valence-corrected chi connectivity index (χ0v) is 15.2. The molecule has 7 nitrogen and oxygen atoms in total. The number of hydrogen-bond donors (Lipinski definition) is 2. The van der Waals surface area contributed by atoms with Crippen LogP contribution in [0.5, 0.6) is 0 Å². The van der Waals surface area contributed by atoms with Crippen molar-refractivity contribution >= 4 is 22.7 Å². The largest absolute Gasteiger partial charge is 0.484 e. The van der Waals surface area contributed by atoms with E-state index in [1.165, 1.54) is 24.3 Å². The molecule has 0 spiro atoms. The Hall–Kier alpha value is -3.27. The first-order chi connectivity index (χ1) is 13.8. The number of anilines is 1. The van der Waals surface area contributed by atoms with Crippen LogP contribution in [0.2, 0.25) is 0 Å². The van der Waals surface area contributed by atoms with Crippen LogP contribution in [-0.4, -0.2) is 43.5 Å². The van der Waals surface area contributed by atoms with E-state index in [4.69, 9.17) is 9.15 Å². The fourth-order valence-corrected chi connectivity index (χ4v) is 2.75. The highest BCUT2D eigenvalue weighted by Gasteiger charge is 2.30. The van der Waals surface area contributed by atoms with Gasteiger partial charge < -0.3 is 14.1 Å². The van der Waals surface area contributed by atoms with Crippen molar-refractivity contribution in [2.75, 3.05) is 31.2 Å². The molecular formula is C19H18F3N3O4. The van der Waals surface area contributed by atoms with Crippen LogP contribution < -0.4 is 16.0 Å². The molecule has 154 valence electrons. The molecule has 1 aromatic heterocycles. The third-order valence-corrected chi connectivity index (χ3v) is 4.07. The van der Waals surface area contributed by atoms with E-state index >= 15 is 0 Å². The number of nitrogens with zero attached hydrogens (tertiary/aromatic N) is 1. The predicted molar refractivity (Wildman–Crippen MR) is 99.8 cm³/mol. The van der Waals surface area contributed by atoms with E-state index < -0.39 is 18.0 Å². The molecule has 2 N–H and O–H groups in total. The van der Waals surface area contributed by atoms with Crippen LogP contribution in [0.1, 0.15) is 10.4 Å². The van der Waals surface area contributed by atoms with Gasteiger partial charge in [-0.15, -0.1) is 0 Å². The molecular weight excluding hydrogens is 391 g/mol. The van der Waals surface area contributed by atoms with Crippen molar-refractivity contribution in [3.63, 3.8) is 0 Å². The number of H-pyrrole nitrogens is 1. The molecule has 1 amide bonds. The number of halogens is 3. The van der Waals surface area contributed by atoms with E-state index in [0.29, 0.717) is 5.58 Å². The van der Waals surface area contributed by atoms with Gasteiger partial charge in [-0.3, -0.25) is 15.1 Å². The highest BCUT2D eigenvalue weighted by molar-refractivity contribution is 5.94. The summed E-state index contributed by atoms with van der Waals surface area (Å²) < 4.78 is 45.2. The molecule has 0 saturated carbocycles. The molecule has 0 bridgehead atoms. The number of rotatable bonds is 2. The van der Waals surface area contributed by atoms with E-state index in [9.17, 15) is 22.8 Å². The number of aromatic amines is 1. The van der Waals surface area contributed by atoms with Crippen LogP contribution >= 0.6 is 0 Å².